The van der Waals surface area contributed by atoms with Gasteiger partial charge in [-0.1, -0.05) is 0 Å². The molecule has 9 heteroatoms. The van der Waals surface area contributed by atoms with Crippen LogP contribution in [-0.2, 0) is 13.6 Å². The Balaban J connectivity index is 1.49. The van der Waals surface area contributed by atoms with Crippen LogP contribution in [0.25, 0.3) is 10.9 Å². The molecule has 0 aliphatic carbocycles. The number of ether oxygens (including phenoxy) is 1. The lowest BCUT2D eigenvalue weighted by Crippen LogP contribution is -2.49. The Hall–Kier alpha value is -3.30. The van der Waals surface area contributed by atoms with Gasteiger partial charge in [-0.05, 0) is 42.7 Å². The average Bonchev–Trinajstić information content (AvgIpc) is 3.09. The van der Waals surface area contributed by atoms with Gasteiger partial charge in [0.2, 0.25) is 0 Å². The highest BCUT2D eigenvalue weighted by molar-refractivity contribution is 6.07. The third-order valence-electron chi connectivity index (χ3n) is 6.50. The summed E-state index contributed by atoms with van der Waals surface area (Å²) in [5.41, 5.74) is 1.60. The number of piperidine rings is 1. The molecule has 4 heterocycles. The Morgan fingerprint density at radius 1 is 1.23 bits per heavy atom. The van der Waals surface area contributed by atoms with E-state index < -0.39 is 5.56 Å². The fourth-order valence-electron chi connectivity index (χ4n) is 5.08. The monoisotopic (exact) mass is 423 g/mol. The molecule has 162 valence electrons. The molecule has 0 spiro atoms. The molecule has 1 fully saturated rings. The van der Waals surface area contributed by atoms with Crippen molar-refractivity contribution in [2.45, 2.75) is 18.9 Å². The summed E-state index contributed by atoms with van der Waals surface area (Å²) >= 11 is 0. The lowest BCUT2D eigenvalue weighted by atomic mass is 9.83. The fraction of sp³-hybridized carbons (Fsp3) is 0.364. The highest BCUT2D eigenvalue weighted by Gasteiger charge is 2.37. The number of amides is 1. The number of likely N-dealkylation sites (tertiary alicyclic amines) is 1. The zero-order chi connectivity index (χ0) is 21.9. The molecule has 1 aromatic carbocycles. The van der Waals surface area contributed by atoms with E-state index in [1.165, 1.54) is 6.07 Å². The van der Waals surface area contributed by atoms with Gasteiger partial charge in [-0.15, -0.1) is 0 Å². The minimum atomic E-state index is -0.495. The van der Waals surface area contributed by atoms with Crippen molar-refractivity contribution in [1.29, 1.82) is 0 Å². The summed E-state index contributed by atoms with van der Waals surface area (Å²) in [6.07, 6.45) is 2.73. The topological polar surface area (TPSA) is 103 Å². The van der Waals surface area contributed by atoms with Gasteiger partial charge in [-0.2, -0.15) is 0 Å². The van der Waals surface area contributed by atoms with Gasteiger partial charge in [0, 0.05) is 55.4 Å². The van der Waals surface area contributed by atoms with Crippen molar-refractivity contribution in [1.82, 2.24) is 14.0 Å². The molecule has 2 bridgehead atoms. The van der Waals surface area contributed by atoms with Crippen LogP contribution in [0.2, 0.25) is 0 Å². The minimum Gasteiger partial charge on any atom is -0.733 e. The summed E-state index contributed by atoms with van der Waals surface area (Å²) in [4.78, 5) is 28.0. The van der Waals surface area contributed by atoms with Gasteiger partial charge in [0.25, 0.3) is 11.5 Å². The molecule has 0 radical (unpaired) electrons. The molecule has 2 aliphatic rings. The van der Waals surface area contributed by atoms with E-state index in [0.29, 0.717) is 30.9 Å². The van der Waals surface area contributed by atoms with Crippen LogP contribution in [0.5, 0.6) is 5.75 Å². The summed E-state index contributed by atoms with van der Waals surface area (Å²) in [6.45, 7) is 1.44. The Morgan fingerprint density at radius 2 is 2.03 bits per heavy atom. The van der Waals surface area contributed by atoms with Crippen LogP contribution in [0.4, 0.5) is 5.69 Å². The number of aryl methyl sites for hydroxylation is 1. The average molecular weight is 423 g/mol. The van der Waals surface area contributed by atoms with Gasteiger partial charge in [-0.25, -0.2) is 0 Å². The van der Waals surface area contributed by atoms with E-state index >= 15 is 0 Å². The summed E-state index contributed by atoms with van der Waals surface area (Å²) in [6, 6.07) is 8.75. The summed E-state index contributed by atoms with van der Waals surface area (Å²) in [5, 5.41) is 20.9. The number of hydrogen-bond acceptors (Lipinski definition) is 6. The van der Waals surface area contributed by atoms with Crippen molar-refractivity contribution in [2.24, 2.45) is 13.0 Å². The smallest absolute Gasteiger partial charge is 0.275 e. The first-order valence-electron chi connectivity index (χ1n) is 10.2. The van der Waals surface area contributed by atoms with Gasteiger partial charge in [0.1, 0.15) is 11.4 Å². The van der Waals surface area contributed by atoms with Gasteiger partial charge >= 0.3 is 0 Å². The number of aromatic nitrogens is 2. The largest absolute Gasteiger partial charge is 0.733 e. The first-order chi connectivity index (χ1) is 14.9. The zero-order valence-electron chi connectivity index (χ0n) is 17.3. The fourth-order valence-corrected chi connectivity index (χ4v) is 5.08. The maximum absolute atomic E-state index is 13.5. The molecule has 2 aliphatic heterocycles. The second kappa shape index (κ2) is 7.14. The molecule has 31 heavy (non-hydrogen) atoms. The van der Waals surface area contributed by atoms with Crippen molar-refractivity contribution in [3.05, 3.63) is 63.3 Å². The van der Waals surface area contributed by atoms with Crippen LogP contribution in [-0.4, -0.2) is 45.3 Å². The van der Waals surface area contributed by atoms with Gasteiger partial charge < -0.3 is 29.2 Å². The molecule has 1 amide bonds. The second-order valence-corrected chi connectivity index (χ2v) is 8.38. The predicted molar refractivity (Wildman–Crippen MR) is 115 cm³/mol. The standard InChI is InChI=1S/C22H23N4O5/c1-23-12-17(16-8-15(31-2)3-4-19(16)23)21(27)24-9-13-7-14(11-24)18-5-6-20(26(29)30)22(28)25(18)10-13/h3-6,8,12-14,29H,7,9-11H2,1-2H3/q-1/t13-,14?/m0/s1. The molecule has 3 aromatic rings. The molecule has 2 aromatic heterocycles. The molecule has 1 unspecified atom stereocenters. The van der Waals surface area contributed by atoms with Crippen molar-refractivity contribution in [3.8, 4) is 5.75 Å². The van der Waals surface area contributed by atoms with E-state index in [1.54, 1.807) is 17.7 Å². The summed E-state index contributed by atoms with van der Waals surface area (Å²) in [5.74, 6) is 0.763. The van der Waals surface area contributed by atoms with Gasteiger partial charge in [-0.3, -0.25) is 14.8 Å². The normalized spacial score (nSPS) is 19.9. The van der Waals surface area contributed by atoms with E-state index in [-0.39, 0.29) is 28.7 Å². The van der Waals surface area contributed by atoms with Crippen LogP contribution >= 0.6 is 0 Å². The van der Waals surface area contributed by atoms with Crippen LogP contribution in [0.15, 0.2) is 41.3 Å². The number of anilines is 1. The lowest BCUT2D eigenvalue weighted by molar-refractivity contribution is 0.0596. The molecule has 9 nitrogen and oxygen atoms in total. The van der Waals surface area contributed by atoms with Crippen molar-refractivity contribution >= 4 is 22.5 Å². The van der Waals surface area contributed by atoms with Crippen LogP contribution in [0.3, 0.4) is 0 Å². The first-order valence-corrected chi connectivity index (χ1v) is 10.2. The third kappa shape index (κ3) is 3.08. The highest BCUT2D eigenvalue weighted by atomic mass is 16.8. The number of methoxy groups -OCH3 is 1. The number of rotatable bonds is 3. The number of fused-ring (bicyclic) bond motifs is 5. The molecule has 0 saturated carbocycles. The van der Waals surface area contributed by atoms with E-state index in [0.717, 1.165) is 23.0 Å². The summed E-state index contributed by atoms with van der Waals surface area (Å²) in [7, 11) is 3.52. The SMILES string of the molecule is COc1ccc2c(c1)c(C(=O)N1CC3C[C@@H](C1)Cn1c3ccc(N([O-])O)c1=O)cn2C. The number of carbonyl (C=O) groups is 1. The van der Waals surface area contributed by atoms with Crippen LogP contribution in [0, 0.1) is 11.1 Å². The van der Waals surface area contributed by atoms with E-state index in [9.17, 15) is 20.0 Å². The Kier molecular flexibility index (Phi) is 4.53. The maximum atomic E-state index is 13.5. The quantitative estimate of drug-likeness (QED) is 0.649. The number of benzene rings is 1. The Bertz CT molecular complexity index is 1240. The van der Waals surface area contributed by atoms with E-state index in [4.69, 9.17) is 4.74 Å². The first kappa shape index (κ1) is 19.7. The van der Waals surface area contributed by atoms with E-state index in [2.05, 4.69) is 0 Å². The molecule has 5 rings (SSSR count). The van der Waals surface area contributed by atoms with Crippen molar-refractivity contribution < 1.29 is 14.7 Å². The number of pyridine rings is 1. The van der Waals surface area contributed by atoms with Crippen molar-refractivity contribution in [2.75, 3.05) is 25.4 Å². The highest BCUT2D eigenvalue weighted by Crippen LogP contribution is 2.37. The number of hydrogen-bond donors (Lipinski definition) is 1. The Morgan fingerprint density at radius 3 is 2.77 bits per heavy atom. The van der Waals surface area contributed by atoms with Gasteiger partial charge in [0.15, 0.2) is 0 Å². The summed E-state index contributed by atoms with van der Waals surface area (Å²) < 4.78 is 8.85. The minimum absolute atomic E-state index is 0.00140. The third-order valence-corrected chi connectivity index (χ3v) is 6.50. The molecular weight excluding hydrogens is 400 g/mol. The molecule has 1 saturated heterocycles. The predicted octanol–water partition coefficient (Wildman–Crippen LogP) is 2.30. The number of nitrogens with zero attached hydrogens (tertiary/aromatic N) is 4. The zero-order valence-corrected chi connectivity index (χ0v) is 17.3. The number of carbonyl (C=O) groups excluding carboxylic acids is 1. The second-order valence-electron chi connectivity index (χ2n) is 8.38. The van der Waals surface area contributed by atoms with Gasteiger partial charge in [0.05, 0.1) is 12.7 Å². The lowest BCUT2D eigenvalue weighted by Gasteiger charge is -2.43. The van der Waals surface area contributed by atoms with E-state index in [1.807, 2.05) is 40.9 Å². The Labute approximate surface area is 178 Å². The maximum Gasteiger partial charge on any atom is 0.275 e. The van der Waals surface area contributed by atoms with Crippen molar-refractivity contribution in [3.63, 3.8) is 0 Å². The molecule has 1 N–H and O–H groups in total. The molecular formula is C22H23N4O5-. The van der Waals surface area contributed by atoms with Crippen LogP contribution in [0.1, 0.15) is 28.4 Å². The van der Waals surface area contributed by atoms with Crippen LogP contribution < -0.4 is 15.5 Å². The molecule has 2 atom stereocenters.